The first-order valence-corrected chi connectivity index (χ1v) is 6.41. The molecule has 104 valence electrons. The van der Waals surface area contributed by atoms with Crippen molar-refractivity contribution < 1.29 is 14.6 Å². The fourth-order valence-electron chi connectivity index (χ4n) is 2.68. The van der Waals surface area contributed by atoms with Crippen molar-refractivity contribution in [1.29, 1.82) is 5.26 Å². The van der Waals surface area contributed by atoms with E-state index in [1.165, 1.54) is 14.2 Å². The molecule has 0 atom stereocenters. The molecule has 3 aromatic carbocycles. The average Bonchev–Trinajstić information content (AvgIpc) is 2.54. The molecule has 3 aromatic rings. The largest absolute Gasteiger partial charge is 0.507 e. The number of phenolic OH excluding ortho intramolecular Hbond substituents is 1. The van der Waals surface area contributed by atoms with Gasteiger partial charge < -0.3 is 14.6 Å². The van der Waals surface area contributed by atoms with Crippen molar-refractivity contribution in [1.82, 2.24) is 0 Å². The molecule has 0 aromatic heterocycles. The average molecular weight is 279 g/mol. The van der Waals surface area contributed by atoms with Crippen LogP contribution in [0.15, 0.2) is 36.4 Å². The maximum absolute atomic E-state index is 10.6. The highest BCUT2D eigenvalue weighted by atomic mass is 16.5. The zero-order chi connectivity index (χ0) is 15.0. The Kier molecular flexibility index (Phi) is 3.03. The lowest BCUT2D eigenvalue weighted by Gasteiger charge is -2.15. The maximum Gasteiger partial charge on any atom is 0.135 e. The van der Waals surface area contributed by atoms with Crippen molar-refractivity contribution in [3.63, 3.8) is 0 Å². The summed E-state index contributed by atoms with van der Waals surface area (Å²) >= 11 is 0. The molecule has 0 spiro atoms. The number of aromatic hydroxyl groups is 1. The van der Waals surface area contributed by atoms with E-state index in [1.54, 1.807) is 18.2 Å². The summed E-state index contributed by atoms with van der Waals surface area (Å²) in [5.41, 5.74) is 0.467. The van der Waals surface area contributed by atoms with Gasteiger partial charge >= 0.3 is 0 Å². The molecule has 0 saturated carbocycles. The molecular formula is C17H13NO3. The molecule has 0 aliphatic carbocycles. The summed E-state index contributed by atoms with van der Waals surface area (Å²) in [6, 6.07) is 12.9. The summed E-state index contributed by atoms with van der Waals surface area (Å²) in [6.07, 6.45) is 0. The molecule has 0 radical (unpaired) electrons. The first kappa shape index (κ1) is 13.1. The van der Waals surface area contributed by atoms with Crippen molar-refractivity contribution in [2.45, 2.75) is 0 Å². The lowest BCUT2D eigenvalue weighted by molar-refractivity contribution is 0.408. The molecule has 21 heavy (non-hydrogen) atoms. The second-order valence-corrected chi connectivity index (χ2v) is 4.60. The number of rotatable bonds is 2. The van der Waals surface area contributed by atoms with Crippen LogP contribution in [0, 0.1) is 11.3 Å². The fraction of sp³-hybridized carbons (Fsp3) is 0.118. The van der Waals surface area contributed by atoms with Gasteiger partial charge in [-0.3, -0.25) is 0 Å². The molecule has 0 aliphatic heterocycles. The third-order valence-corrected chi connectivity index (χ3v) is 3.62. The SMILES string of the molecule is COc1ccc(OC)c2c(C#N)c3ccccc3c(O)c12. The lowest BCUT2D eigenvalue weighted by Crippen LogP contribution is -1.94. The van der Waals surface area contributed by atoms with E-state index in [1.807, 2.05) is 18.2 Å². The second-order valence-electron chi connectivity index (χ2n) is 4.60. The number of nitrogens with zero attached hydrogens (tertiary/aromatic N) is 1. The predicted octanol–water partition coefficient (Wildman–Crippen LogP) is 3.59. The molecule has 0 aliphatic rings. The van der Waals surface area contributed by atoms with Gasteiger partial charge in [0.05, 0.1) is 25.2 Å². The van der Waals surface area contributed by atoms with Crippen LogP contribution in [0.3, 0.4) is 0 Å². The van der Waals surface area contributed by atoms with E-state index < -0.39 is 0 Å². The van der Waals surface area contributed by atoms with Crippen LogP contribution in [-0.2, 0) is 0 Å². The molecule has 1 N–H and O–H groups in total. The molecular weight excluding hydrogens is 266 g/mol. The van der Waals surface area contributed by atoms with Crippen LogP contribution >= 0.6 is 0 Å². The molecule has 0 saturated heterocycles. The maximum atomic E-state index is 10.6. The van der Waals surface area contributed by atoms with Crippen LogP contribution in [0.2, 0.25) is 0 Å². The molecule has 0 unspecified atom stereocenters. The third kappa shape index (κ3) is 1.75. The zero-order valence-corrected chi connectivity index (χ0v) is 11.7. The topological polar surface area (TPSA) is 62.5 Å². The van der Waals surface area contributed by atoms with Gasteiger partial charge in [-0.15, -0.1) is 0 Å². The van der Waals surface area contributed by atoms with Crippen molar-refractivity contribution in [3.8, 4) is 23.3 Å². The molecule has 3 rings (SSSR count). The molecule has 0 heterocycles. The van der Waals surface area contributed by atoms with Crippen LogP contribution in [-0.4, -0.2) is 19.3 Å². The van der Waals surface area contributed by atoms with Gasteiger partial charge in [-0.2, -0.15) is 5.26 Å². The van der Waals surface area contributed by atoms with Crippen molar-refractivity contribution in [2.75, 3.05) is 14.2 Å². The molecule has 0 amide bonds. The van der Waals surface area contributed by atoms with Gasteiger partial charge in [0, 0.05) is 16.2 Å². The van der Waals surface area contributed by atoms with Gasteiger partial charge in [0.2, 0.25) is 0 Å². The Labute approximate surface area is 121 Å². The highest BCUT2D eigenvalue weighted by Crippen LogP contribution is 2.45. The van der Waals surface area contributed by atoms with Crippen LogP contribution in [0.25, 0.3) is 21.5 Å². The van der Waals surface area contributed by atoms with E-state index in [2.05, 4.69) is 6.07 Å². The number of hydrogen-bond acceptors (Lipinski definition) is 4. The van der Waals surface area contributed by atoms with Gasteiger partial charge in [0.25, 0.3) is 0 Å². The van der Waals surface area contributed by atoms with Crippen LogP contribution < -0.4 is 9.47 Å². The second kappa shape index (κ2) is 4.88. The number of nitriles is 1. The Hall–Kier alpha value is -2.93. The summed E-state index contributed by atoms with van der Waals surface area (Å²) in [5.74, 6) is 1.13. The quantitative estimate of drug-likeness (QED) is 0.728. The van der Waals surface area contributed by atoms with E-state index in [9.17, 15) is 10.4 Å². The highest BCUT2D eigenvalue weighted by molar-refractivity contribution is 6.14. The van der Waals surface area contributed by atoms with E-state index in [0.29, 0.717) is 38.6 Å². The van der Waals surface area contributed by atoms with Gasteiger partial charge in [-0.1, -0.05) is 24.3 Å². The summed E-state index contributed by atoms with van der Waals surface area (Å²) in [4.78, 5) is 0. The normalized spacial score (nSPS) is 10.5. The Morgan fingerprint density at radius 1 is 0.905 bits per heavy atom. The first-order valence-electron chi connectivity index (χ1n) is 6.41. The zero-order valence-electron chi connectivity index (χ0n) is 11.7. The van der Waals surface area contributed by atoms with E-state index in [-0.39, 0.29) is 5.75 Å². The fourth-order valence-corrected chi connectivity index (χ4v) is 2.68. The molecule has 4 nitrogen and oxygen atoms in total. The van der Waals surface area contributed by atoms with Crippen molar-refractivity contribution >= 4 is 21.5 Å². The predicted molar refractivity (Wildman–Crippen MR) is 80.9 cm³/mol. The van der Waals surface area contributed by atoms with Gasteiger partial charge in [-0.05, 0) is 12.1 Å². The van der Waals surface area contributed by atoms with Gasteiger partial charge in [0.15, 0.2) is 0 Å². The standard InChI is InChI=1S/C17H13NO3/c1-20-13-7-8-14(21-2)16-15(13)12(9-18)10-5-3-4-6-11(10)17(16)19/h3-8,19H,1-2H3. The van der Waals surface area contributed by atoms with Crippen LogP contribution in [0.5, 0.6) is 17.2 Å². The Balaban J connectivity index is 2.69. The summed E-state index contributed by atoms with van der Waals surface area (Å²) in [7, 11) is 3.07. The van der Waals surface area contributed by atoms with Crippen molar-refractivity contribution in [3.05, 3.63) is 42.0 Å². The van der Waals surface area contributed by atoms with Gasteiger partial charge in [-0.25, -0.2) is 0 Å². The number of phenols is 1. The smallest absolute Gasteiger partial charge is 0.135 e. The number of benzene rings is 3. The Morgan fingerprint density at radius 2 is 1.48 bits per heavy atom. The molecule has 4 heteroatoms. The van der Waals surface area contributed by atoms with E-state index >= 15 is 0 Å². The minimum atomic E-state index is 0.0929. The van der Waals surface area contributed by atoms with Crippen LogP contribution in [0.1, 0.15) is 5.56 Å². The van der Waals surface area contributed by atoms with Crippen molar-refractivity contribution in [2.24, 2.45) is 0 Å². The molecule has 0 bridgehead atoms. The molecule has 0 fully saturated rings. The Bertz CT molecular complexity index is 894. The minimum Gasteiger partial charge on any atom is -0.507 e. The summed E-state index contributed by atoms with van der Waals surface area (Å²) in [5, 5.41) is 22.6. The van der Waals surface area contributed by atoms with E-state index in [0.717, 1.165) is 0 Å². The Morgan fingerprint density at radius 3 is 2.05 bits per heavy atom. The van der Waals surface area contributed by atoms with Gasteiger partial charge in [0.1, 0.15) is 23.3 Å². The van der Waals surface area contributed by atoms with E-state index in [4.69, 9.17) is 9.47 Å². The number of methoxy groups -OCH3 is 2. The summed E-state index contributed by atoms with van der Waals surface area (Å²) < 4.78 is 10.7. The number of ether oxygens (including phenoxy) is 2. The minimum absolute atomic E-state index is 0.0929. The first-order chi connectivity index (χ1) is 10.2. The van der Waals surface area contributed by atoms with Crippen LogP contribution in [0.4, 0.5) is 0 Å². The highest BCUT2D eigenvalue weighted by Gasteiger charge is 2.19. The lowest BCUT2D eigenvalue weighted by atomic mass is 9.95. The monoisotopic (exact) mass is 279 g/mol. The summed E-state index contributed by atoms with van der Waals surface area (Å²) in [6.45, 7) is 0. The third-order valence-electron chi connectivity index (χ3n) is 3.62. The number of fused-ring (bicyclic) bond motifs is 2. The number of hydrogen-bond donors (Lipinski definition) is 1.